The molecule has 1 heterocycles. The molecule has 0 aromatic carbocycles. The summed E-state index contributed by atoms with van der Waals surface area (Å²) < 4.78 is 6.19. The normalized spacial score (nSPS) is 10.3. The lowest BCUT2D eigenvalue weighted by Gasteiger charge is -2.04. The lowest BCUT2D eigenvalue weighted by Crippen LogP contribution is -2.30. The van der Waals surface area contributed by atoms with Crippen LogP contribution in [0.15, 0.2) is 12.4 Å². The number of rotatable bonds is 8. The Hall–Kier alpha value is -1.93. The Morgan fingerprint density at radius 1 is 1.56 bits per heavy atom. The van der Waals surface area contributed by atoms with Gasteiger partial charge in [-0.3, -0.25) is 14.3 Å². The van der Waals surface area contributed by atoms with Gasteiger partial charge >= 0.3 is 0 Å². The van der Waals surface area contributed by atoms with Crippen molar-refractivity contribution in [2.45, 2.75) is 6.54 Å². The summed E-state index contributed by atoms with van der Waals surface area (Å²) in [4.78, 5) is 22.1. The number of aromatic nitrogens is 2. The van der Waals surface area contributed by atoms with Gasteiger partial charge in [-0.1, -0.05) is 0 Å². The average molecular weight is 255 g/mol. The summed E-state index contributed by atoms with van der Waals surface area (Å²) in [6, 6.07) is 0. The molecule has 0 bridgehead atoms. The number of ether oxygens (including phenoxy) is 1. The molecule has 0 unspecified atom stereocenters. The number of carbonyl (C=O) groups excluding carboxylic acids is 2. The SMILES string of the molecule is COCCNCC(=O)Nc1cnn(CC(N)=O)c1. The van der Waals surface area contributed by atoms with Gasteiger partial charge in [0.05, 0.1) is 25.0 Å². The van der Waals surface area contributed by atoms with Crippen molar-refractivity contribution in [3.8, 4) is 0 Å². The molecule has 0 radical (unpaired) electrons. The standard InChI is InChI=1S/C10H17N5O3/c1-18-3-2-12-5-10(17)14-8-4-13-15(6-8)7-9(11)16/h4,6,12H,2-3,5,7H2,1H3,(H2,11,16)(H,14,17). The van der Waals surface area contributed by atoms with Crippen molar-refractivity contribution in [3.05, 3.63) is 12.4 Å². The number of nitrogens with one attached hydrogen (secondary N) is 2. The zero-order valence-electron chi connectivity index (χ0n) is 10.2. The number of primary amides is 1. The molecule has 0 saturated carbocycles. The molecule has 0 fully saturated rings. The molecule has 0 atom stereocenters. The molecule has 4 N–H and O–H groups in total. The van der Waals surface area contributed by atoms with E-state index in [0.717, 1.165) is 0 Å². The second kappa shape index (κ2) is 7.41. The highest BCUT2D eigenvalue weighted by Gasteiger charge is 2.05. The van der Waals surface area contributed by atoms with Crippen molar-refractivity contribution < 1.29 is 14.3 Å². The molecule has 18 heavy (non-hydrogen) atoms. The Morgan fingerprint density at radius 2 is 2.33 bits per heavy atom. The summed E-state index contributed by atoms with van der Waals surface area (Å²) in [5.74, 6) is -0.679. The first-order chi connectivity index (χ1) is 8.61. The summed E-state index contributed by atoms with van der Waals surface area (Å²) in [5, 5.41) is 9.42. The quantitative estimate of drug-likeness (QED) is 0.492. The van der Waals surface area contributed by atoms with Crippen LogP contribution < -0.4 is 16.4 Å². The summed E-state index contributed by atoms with van der Waals surface area (Å²) in [7, 11) is 1.59. The molecule has 0 saturated heterocycles. The molecule has 1 rings (SSSR count). The highest BCUT2D eigenvalue weighted by atomic mass is 16.5. The third-order valence-corrected chi connectivity index (χ3v) is 2.00. The second-order valence-corrected chi connectivity index (χ2v) is 3.61. The number of nitrogens with zero attached hydrogens (tertiary/aromatic N) is 2. The largest absolute Gasteiger partial charge is 0.383 e. The zero-order valence-corrected chi connectivity index (χ0v) is 10.2. The van der Waals surface area contributed by atoms with E-state index in [1.165, 1.54) is 17.1 Å². The molecule has 0 aliphatic carbocycles. The van der Waals surface area contributed by atoms with Crippen molar-refractivity contribution in [1.82, 2.24) is 15.1 Å². The van der Waals surface area contributed by atoms with Gasteiger partial charge in [-0.05, 0) is 0 Å². The van der Waals surface area contributed by atoms with E-state index in [1.54, 1.807) is 7.11 Å². The van der Waals surface area contributed by atoms with E-state index in [-0.39, 0.29) is 19.0 Å². The molecule has 1 aromatic heterocycles. The van der Waals surface area contributed by atoms with Gasteiger partial charge in [0.15, 0.2) is 0 Å². The van der Waals surface area contributed by atoms with Crippen LogP contribution in [0.2, 0.25) is 0 Å². The fraction of sp³-hybridized carbons (Fsp3) is 0.500. The minimum absolute atomic E-state index is 0.0119. The maximum absolute atomic E-state index is 11.5. The molecular weight excluding hydrogens is 238 g/mol. The van der Waals surface area contributed by atoms with Crippen molar-refractivity contribution in [2.75, 3.05) is 32.1 Å². The zero-order chi connectivity index (χ0) is 13.4. The lowest BCUT2D eigenvalue weighted by atomic mass is 10.5. The maximum atomic E-state index is 11.5. The lowest BCUT2D eigenvalue weighted by molar-refractivity contribution is -0.118. The van der Waals surface area contributed by atoms with Crippen LogP contribution in [-0.2, 0) is 20.9 Å². The van der Waals surface area contributed by atoms with Crippen molar-refractivity contribution in [1.29, 1.82) is 0 Å². The minimum Gasteiger partial charge on any atom is -0.383 e. The van der Waals surface area contributed by atoms with Gasteiger partial charge in [-0.2, -0.15) is 5.10 Å². The van der Waals surface area contributed by atoms with Gasteiger partial charge in [-0.25, -0.2) is 0 Å². The molecule has 0 aliphatic rings. The molecule has 0 aliphatic heterocycles. The first kappa shape index (κ1) is 14.1. The number of hydrogen-bond donors (Lipinski definition) is 3. The molecule has 100 valence electrons. The van der Waals surface area contributed by atoms with Crippen molar-refractivity contribution in [3.63, 3.8) is 0 Å². The number of nitrogens with two attached hydrogens (primary N) is 1. The molecular formula is C10H17N5O3. The number of carbonyl (C=O) groups is 2. The maximum Gasteiger partial charge on any atom is 0.239 e. The smallest absolute Gasteiger partial charge is 0.239 e. The molecule has 1 aromatic rings. The van der Waals surface area contributed by atoms with Gasteiger partial charge in [0.1, 0.15) is 6.54 Å². The van der Waals surface area contributed by atoms with E-state index in [9.17, 15) is 9.59 Å². The first-order valence-corrected chi connectivity index (χ1v) is 5.42. The fourth-order valence-electron chi connectivity index (χ4n) is 1.26. The third kappa shape index (κ3) is 5.41. The minimum atomic E-state index is -0.489. The van der Waals surface area contributed by atoms with Crippen LogP contribution in [0.5, 0.6) is 0 Å². The van der Waals surface area contributed by atoms with Crippen LogP contribution in [0, 0.1) is 0 Å². The van der Waals surface area contributed by atoms with Gasteiger partial charge in [-0.15, -0.1) is 0 Å². The topological polar surface area (TPSA) is 111 Å². The third-order valence-electron chi connectivity index (χ3n) is 2.00. The van der Waals surface area contributed by atoms with Crippen LogP contribution in [0.1, 0.15) is 0 Å². The van der Waals surface area contributed by atoms with E-state index >= 15 is 0 Å². The number of methoxy groups -OCH3 is 1. The Balaban J connectivity index is 2.31. The predicted molar refractivity (Wildman–Crippen MR) is 64.8 cm³/mol. The first-order valence-electron chi connectivity index (χ1n) is 5.42. The fourth-order valence-corrected chi connectivity index (χ4v) is 1.26. The van der Waals surface area contributed by atoms with E-state index in [1.807, 2.05) is 0 Å². The Morgan fingerprint density at radius 3 is 3.00 bits per heavy atom. The van der Waals surface area contributed by atoms with E-state index in [0.29, 0.717) is 18.8 Å². The highest BCUT2D eigenvalue weighted by molar-refractivity contribution is 5.92. The van der Waals surface area contributed by atoms with E-state index in [2.05, 4.69) is 15.7 Å². The average Bonchev–Trinajstić information content (AvgIpc) is 2.71. The van der Waals surface area contributed by atoms with E-state index in [4.69, 9.17) is 10.5 Å². The summed E-state index contributed by atoms with van der Waals surface area (Å²) >= 11 is 0. The Bertz CT molecular complexity index is 404. The van der Waals surface area contributed by atoms with Gasteiger partial charge in [0.2, 0.25) is 11.8 Å². The Kier molecular flexibility index (Phi) is 5.81. The van der Waals surface area contributed by atoms with Gasteiger partial charge < -0.3 is 21.1 Å². The van der Waals surface area contributed by atoms with E-state index < -0.39 is 5.91 Å². The van der Waals surface area contributed by atoms with Crippen molar-refractivity contribution in [2.24, 2.45) is 5.73 Å². The summed E-state index contributed by atoms with van der Waals surface area (Å²) in [5.41, 5.74) is 5.54. The Labute approximate surface area is 104 Å². The summed E-state index contributed by atoms with van der Waals surface area (Å²) in [6.07, 6.45) is 2.99. The van der Waals surface area contributed by atoms with Crippen LogP contribution >= 0.6 is 0 Å². The molecule has 8 heteroatoms. The summed E-state index contributed by atoms with van der Waals surface area (Å²) in [6.45, 7) is 1.32. The molecule has 8 nitrogen and oxygen atoms in total. The van der Waals surface area contributed by atoms with Gasteiger partial charge in [0, 0.05) is 19.9 Å². The number of hydrogen-bond acceptors (Lipinski definition) is 5. The number of anilines is 1. The van der Waals surface area contributed by atoms with Crippen LogP contribution in [-0.4, -0.2) is 48.4 Å². The monoisotopic (exact) mass is 255 g/mol. The predicted octanol–water partition coefficient (Wildman–Crippen LogP) is -1.46. The molecule has 0 spiro atoms. The van der Waals surface area contributed by atoms with Crippen molar-refractivity contribution >= 4 is 17.5 Å². The second-order valence-electron chi connectivity index (χ2n) is 3.61. The van der Waals surface area contributed by atoms with Crippen LogP contribution in [0.25, 0.3) is 0 Å². The van der Waals surface area contributed by atoms with Gasteiger partial charge in [0.25, 0.3) is 0 Å². The highest BCUT2D eigenvalue weighted by Crippen LogP contribution is 2.03. The number of amides is 2. The van der Waals surface area contributed by atoms with Crippen LogP contribution in [0.3, 0.4) is 0 Å². The van der Waals surface area contributed by atoms with Crippen LogP contribution in [0.4, 0.5) is 5.69 Å². The molecule has 2 amide bonds.